The zero-order valence-corrected chi connectivity index (χ0v) is 11.3. The molecule has 0 radical (unpaired) electrons. The minimum absolute atomic E-state index is 0.0441. The Kier molecular flexibility index (Phi) is 4.09. The van der Waals surface area contributed by atoms with Gasteiger partial charge in [0.2, 0.25) is 5.75 Å². The highest BCUT2D eigenvalue weighted by Crippen LogP contribution is 2.38. The van der Waals surface area contributed by atoms with Crippen LogP contribution in [0.4, 0.5) is 10.1 Å². The Balaban J connectivity index is 2.63. The molecule has 9 heteroatoms. The van der Waals surface area contributed by atoms with Crippen LogP contribution in [0.5, 0.6) is 11.5 Å². The molecule has 2 N–H and O–H groups in total. The molecule has 0 aliphatic carbocycles. The molecule has 0 amide bonds. The molecule has 0 atom stereocenters. The number of rotatable bonds is 3. The van der Waals surface area contributed by atoms with E-state index in [0.29, 0.717) is 0 Å². The Morgan fingerprint density at radius 2 is 2.13 bits per heavy atom. The number of aromatic hydroxyl groups is 2. The molecule has 0 aliphatic rings. The topological polar surface area (TPSA) is 134 Å². The molecule has 0 saturated heterocycles. The van der Waals surface area contributed by atoms with E-state index >= 15 is 0 Å². The second-order valence-corrected chi connectivity index (χ2v) is 4.37. The third-order valence-corrected chi connectivity index (χ3v) is 2.93. The van der Waals surface area contributed by atoms with Gasteiger partial charge in [-0.2, -0.15) is 5.26 Å². The Morgan fingerprint density at radius 3 is 2.74 bits per heavy atom. The summed E-state index contributed by atoms with van der Waals surface area (Å²) >= 11 is 0. The number of nitriles is 1. The summed E-state index contributed by atoms with van der Waals surface area (Å²) in [6.07, 6.45) is 1.93. The van der Waals surface area contributed by atoms with E-state index in [2.05, 4.69) is 0 Å². The van der Waals surface area contributed by atoms with Crippen molar-refractivity contribution in [2.75, 3.05) is 0 Å². The van der Waals surface area contributed by atoms with Crippen molar-refractivity contribution in [2.45, 2.75) is 0 Å². The van der Waals surface area contributed by atoms with Gasteiger partial charge in [-0.1, -0.05) is 0 Å². The summed E-state index contributed by atoms with van der Waals surface area (Å²) in [6, 6.07) is 5.96. The average molecular weight is 317 g/mol. The Bertz CT molecular complexity index is 873. The van der Waals surface area contributed by atoms with Gasteiger partial charge in [0.25, 0.3) is 0 Å². The minimum Gasteiger partial charge on any atom is -0.617 e. The number of aromatic nitrogens is 1. The number of phenolic OH excluding ortho intramolecular Hbond substituents is 2. The van der Waals surface area contributed by atoms with Crippen molar-refractivity contribution in [3.05, 3.63) is 62.9 Å². The molecular formula is C14H8FN3O5. The highest BCUT2D eigenvalue weighted by atomic mass is 19.1. The van der Waals surface area contributed by atoms with E-state index in [1.165, 1.54) is 12.1 Å². The van der Waals surface area contributed by atoms with Gasteiger partial charge in [-0.3, -0.25) is 10.1 Å². The zero-order chi connectivity index (χ0) is 17.1. The monoisotopic (exact) mass is 317 g/mol. The van der Waals surface area contributed by atoms with E-state index < -0.39 is 28.1 Å². The maximum Gasteiger partial charge on any atom is 0.378 e. The van der Waals surface area contributed by atoms with E-state index in [-0.39, 0.29) is 21.4 Å². The first kappa shape index (κ1) is 15.7. The molecule has 8 nitrogen and oxygen atoms in total. The number of benzene rings is 1. The number of allylic oxidation sites excluding steroid dienone is 1. The van der Waals surface area contributed by atoms with Gasteiger partial charge in [-0.05, 0) is 18.2 Å². The molecule has 0 aliphatic heterocycles. The summed E-state index contributed by atoms with van der Waals surface area (Å²) in [7, 11) is 0. The molecule has 1 aromatic carbocycles. The van der Waals surface area contributed by atoms with Gasteiger partial charge in [0.05, 0.1) is 22.1 Å². The van der Waals surface area contributed by atoms with Crippen LogP contribution in [0.15, 0.2) is 30.5 Å². The molecule has 0 bridgehead atoms. The predicted octanol–water partition coefficient (Wildman–Crippen LogP) is 1.84. The van der Waals surface area contributed by atoms with Gasteiger partial charge >= 0.3 is 11.6 Å². The summed E-state index contributed by atoms with van der Waals surface area (Å²) < 4.78 is 13.6. The minimum atomic E-state index is -1.15. The van der Waals surface area contributed by atoms with E-state index in [1.54, 1.807) is 6.07 Å². The Hall–Kier alpha value is -3.67. The van der Waals surface area contributed by atoms with Crippen LogP contribution in [0.25, 0.3) is 11.6 Å². The fourth-order valence-electron chi connectivity index (χ4n) is 1.83. The first-order valence-electron chi connectivity index (χ1n) is 6.05. The molecule has 0 fully saturated rings. The molecule has 1 heterocycles. The maximum atomic E-state index is 13.7. The summed E-state index contributed by atoms with van der Waals surface area (Å²) in [6.45, 7) is 0. The van der Waals surface area contributed by atoms with Gasteiger partial charge in [-0.25, -0.2) is 0 Å². The van der Waals surface area contributed by atoms with Crippen LogP contribution in [0.2, 0.25) is 0 Å². The highest BCUT2D eigenvalue weighted by Gasteiger charge is 2.21. The summed E-state index contributed by atoms with van der Waals surface area (Å²) in [5.41, 5.74) is -1.38. The largest absolute Gasteiger partial charge is 0.617 e. The molecule has 0 spiro atoms. The van der Waals surface area contributed by atoms with Crippen molar-refractivity contribution in [2.24, 2.45) is 0 Å². The van der Waals surface area contributed by atoms with Gasteiger partial charge in [0, 0.05) is 17.7 Å². The first-order chi connectivity index (χ1) is 10.8. The second kappa shape index (κ2) is 5.98. The molecule has 0 saturated carbocycles. The number of hydrogen-bond acceptors (Lipinski definition) is 6. The quantitative estimate of drug-likeness (QED) is 0.169. The molecule has 2 rings (SSSR count). The summed E-state index contributed by atoms with van der Waals surface area (Å²) in [5, 5.41) is 50.1. The maximum absolute atomic E-state index is 13.7. The number of nitrogens with zero attached hydrogens (tertiary/aromatic N) is 3. The lowest BCUT2D eigenvalue weighted by atomic mass is 10.0. The third kappa shape index (κ3) is 3.01. The number of pyridine rings is 1. The van der Waals surface area contributed by atoms with E-state index in [4.69, 9.17) is 5.26 Å². The lowest BCUT2D eigenvalue weighted by molar-refractivity contribution is -0.637. The number of nitro groups is 1. The zero-order valence-electron chi connectivity index (χ0n) is 11.3. The molecular weight excluding hydrogens is 309 g/mol. The van der Waals surface area contributed by atoms with Crippen molar-refractivity contribution in [3.8, 4) is 17.6 Å². The van der Waals surface area contributed by atoms with Gasteiger partial charge < -0.3 is 15.4 Å². The normalized spacial score (nSPS) is 11.0. The molecule has 2 aromatic rings. The van der Waals surface area contributed by atoms with Crippen LogP contribution in [-0.4, -0.2) is 15.1 Å². The Morgan fingerprint density at radius 1 is 1.43 bits per heavy atom. The van der Waals surface area contributed by atoms with Crippen LogP contribution < -0.4 is 4.73 Å². The number of hydrogen-bond donors (Lipinski definition) is 2. The van der Waals surface area contributed by atoms with Crippen LogP contribution in [-0.2, 0) is 0 Å². The lowest BCUT2D eigenvalue weighted by Gasteiger charge is -2.04. The number of halogens is 1. The first-order valence-corrected chi connectivity index (χ1v) is 6.05. The van der Waals surface area contributed by atoms with Gasteiger partial charge in [-0.15, -0.1) is 9.12 Å². The van der Waals surface area contributed by atoms with E-state index in [9.17, 15) is 29.9 Å². The SMILES string of the molecule is N#C/C(=C/c1ccc[n+]([O-])c1F)c1cc(O)c(O)c([N+](=O)[O-])c1. The number of phenols is 2. The Labute approximate surface area is 128 Å². The van der Waals surface area contributed by atoms with Gasteiger partial charge in [0.1, 0.15) is 0 Å². The fourth-order valence-corrected chi connectivity index (χ4v) is 1.83. The molecule has 1 aromatic heterocycles. The predicted molar refractivity (Wildman–Crippen MR) is 75.3 cm³/mol. The van der Waals surface area contributed by atoms with Gasteiger partial charge in [0.15, 0.2) is 11.9 Å². The fraction of sp³-hybridized carbons (Fsp3) is 0. The molecule has 23 heavy (non-hydrogen) atoms. The third-order valence-electron chi connectivity index (χ3n) is 2.93. The standard InChI is InChI=1S/C14H8FN3O5/c15-14-8(2-1-3-17(14)21)4-10(7-16)9-5-11(18(22)23)13(20)12(19)6-9/h1-6,19-20H/b10-4-. The van der Waals surface area contributed by atoms with Crippen LogP contribution in [0.1, 0.15) is 11.1 Å². The van der Waals surface area contributed by atoms with Crippen molar-refractivity contribution in [1.29, 1.82) is 5.26 Å². The van der Waals surface area contributed by atoms with Crippen LogP contribution in [0, 0.1) is 32.6 Å². The van der Waals surface area contributed by atoms with Crippen LogP contribution in [0.3, 0.4) is 0 Å². The lowest BCUT2D eigenvalue weighted by Crippen LogP contribution is -2.31. The summed E-state index contributed by atoms with van der Waals surface area (Å²) in [5.74, 6) is -2.90. The molecule has 116 valence electrons. The van der Waals surface area contributed by atoms with E-state index in [0.717, 1.165) is 24.4 Å². The smallest absolute Gasteiger partial charge is 0.378 e. The van der Waals surface area contributed by atoms with E-state index in [1.807, 2.05) is 0 Å². The van der Waals surface area contributed by atoms with Crippen molar-refractivity contribution in [3.63, 3.8) is 0 Å². The summed E-state index contributed by atoms with van der Waals surface area (Å²) in [4.78, 5) is 9.88. The highest BCUT2D eigenvalue weighted by molar-refractivity contribution is 5.90. The number of nitro benzene ring substituents is 1. The van der Waals surface area contributed by atoms with Crippen molar-refractivity contribution < 1.29 is 24.3 Å². The van der Waals surface area contributed by atoms with Crippen LogP contribution >= 0.6 is 0 Å². The van der Waals surface area contributed by atoms with Crippen molar-refractivity contribution >= 4 is 17.3 Å². The molecule has 0 unspecified atom stereocenters. The average Bonchev–Trinajstić information content (AvgIpc) is 2.51. The second-order valence-electron chi connectivity index (χ2n) is 4.37. The van der Waals surface area contributed by atoms with Crippen molar-refractivity contribution in [1.82, 2.24) is 0 Å².